The van der Waals surface area contributed by atoms with E-state index >= 15 is 0 Å². The van der Waals surface area contributed by atoms with Gasteiger partial charge in [0, 0.05) is 5.88 Å². The third-order valence-corrected chi connectivity index (χ3v) is 3.47. The highest BCUT2D eigenvalue weighted by Gasteiger charge is 1.89. The molecule has 0 aromatic heterocycles. The maximum Gasteiger partial charge on any atom is 0.0647 e. The van der Waals surface area contributed by atoms with Crippen LogP contribution in [-0.4, -0.2) is 19.1 Å². The Kier molecular flexibility index (Phi) is 19.1. The molecule has 0 heterocycles. The van der Waals surface area contributed by atoms with E-state index in [9.17, 15) is 0 Å². The van der Waals surface area contributed by atoms with Gasteiger partial charge >= 0.3 is 0 Å². The number of hydrogen-bond donors (Lipinski definition) is 0. The summed E-state index contributed by atoms with van der Waals surface area (Å²) in [5.74, 6) is 0.668. The lowest BCUT2D eigenvalue weighted by Gasteiger charge is -1.99. The summed E-state index contributed by atoms with van der Waals surface area (Å²) in [6.45, 7) is 3.76. The second kappa shape index (κ2) is 19.5. The van der Waals surface area contributed by atoms with Gasteiger partial charge in [0.2, 0.25) is 0 Å². The van der Waals surface area contributed by atoms with Gasteiger partial charge in [-0.3, -0.25) is 0 Å². The Balaban J connectivity index is 3.17. The SMILES string of the molecule is CCCCCCCCCC=CCOCCC=C=CCCCl. The van der Waals surface area contributed by atoms with Gasteiger partial charge in [0.25, 0.3) is 0 Å². The van der Waals surface area contributed by atoms with Crippen molar-refractivity contribution in [3.05, 3.63) is 30.0 Å². The van der Waals surface area contributed by atoms with Crippen LogP contribution >= 0.6 is 11.6 Å². The fraction of sp³-hybridized carbons (Fsp3) is 0.737. The number of unbranched alkanes of at least 4 members (excludes halogenated alkanes) is 7. The third kappa shape index (κ3) is 19.5. The molecule has 0 saturated carbocycles. The first-order valence-corrected chi connectivity index (χ1v) is 9.13. The predicted molar refractivity (Wildman–Crippen MR) is 95.2 cm³/mol. The molecule has 0 amide bonds. The highest BCUT2D eigenvalue weighted by atomic mass is 35.5. The Morgan fingerprint density at radius 1 is 0.857 bits per heavy atom. The van der Waals surface area contributed by atoms with Crippen LogP contribution in [0.3, 0.4) is 0 Å². The number of ether oxygens (including phenoxy) is 1. The maximum atomic E-state index is 5.56. The highest BCUT2D eigenvalue weighted by molar-refractivity contribution is 6.17. The normalized spacial score (nSPS) is 10.8. The number of allylic oxidation sites excluding steroid dienone is 1. The molecule has 0 aliphatic rings. The Labute approximate surface area is 137 Å². The predicted octanol–water partition coefficient (Wildman–Crippen LogP) is 6.43. The number of alkyl halides is 1. The summed E-state index contributed by atoms with van der Waals surface area (Å²) in [4.78, 5) is 0. The minimum absolute atomic E-state index is 0.668. The molecule has 0 spiro atoms. The summed E-state index contributed by atoms with van der Waals surface area (Å²) in [6, 6.07) is 0. The van der Waals surface area contributed by atoms with E-state index in [-0.39, 0.29) is 0 Å². The lowest BCUT2D eigenvalue weighted by Crippen LogP contribution is -1.92. The summed E-state index contributed by atoms with van der Waals surface area (Å²) >= 11 is 5.56. The van der Waals surface area contributed by atoms with E-state index in [1.54, 1.807) is 0 Å². The molecular formula is C19H33ClO. The first-order chi connectivity index (χ1) is 10.4. The number of hydrogen-bond acceptors (Lipinski definition) is 1. The Bertz CT molecular complexity index is 277. The lowest BCUT2D eigenvalue weighted by molar-refractivity contribution is 0.167. The van der Waals surface area contributed by atoms with Gasteiger partial charge in [0.05, 0.1) is 13.2 Å². The van der Waals surface area contributed by atoms with Crippen molar-refractivity contribution in [3.8, 4) is 0 Å². The van der Waals surface area contributed by atoms with Gasteiger partial charge in [-0.2, -0.15) is 0 Å². The van der Waals surface area contributed by atoms with E-state index in [2.05, 4.69) is 24.8 Å². The van der Waals surface area contributed by atoms with E-state index in [1.165, 1.54) is 51.4 Å². The second-order valence-corrected chi connectivity index (χ2v) is 5.68. The van der Waals surface area contributed by atoms with Crippen LogP contribution in [-0.2, 0) is 4.74 Å². The van der Waals surface area contributed by atoms with Crippen molar-refractivity contribution in [2.75, 3.05) is 19.1 Å². The monoisotopic (exact) mass is 312 g/mol. The molecule has 122 valence electrons. The van der Waals surface area contributed by atoms with Gasteiger partial charge in [0.15, 0.2) is 0 Å². The number of rotatable bonds is 15. The topological polar surface area (TPSA) is 9.23 Å². The minimum atomic E-state index is 0.668. The van der Waals surface area contributed by atoms with E-state index in [1.807, 2.05) is 12.2 Å². The van der Waals surface area contributed by atoms with Gasteiger partial charge in [-0.05, 0) is 37.8 Å². The van der Waals surface area contributed by atoms with Crippen LogP contribution in [0.5, 0.6) is 0 Å². The molecule has 0 aliphatic heterocycles. The van der Waals surface area contributed by atoms with Crippen molar-refractivity contribution in [1.29, 1.82) is 0 Å². The zero-order valence-electron chi connectivity index (χ0n) is 13.8. The Hall–Kier alpha value is -0.490. The fourth-order valence-corrected chi connectivity index (χ4v) is 2.11. The van der Waals surface area contributed by atoms with Gasteiger partial charge in [-0.1, -0.05) is 57.6 Å². The molecule has 2 heteroatoms. The van der Waals surface area contributed by atoms with Crippen LogP contribution in [0, 0.1) is 0 Å². The maximum absolute atomic E-state index is 5.56. The van der Waals surface area contributed by atoms with Gasteiger partial charge in [-0.15, -0.1) is 17.3 Å². The molecule has 0 radical (unpaired) electrons. The molecule has 0 bridgehead atoms. The first kappa shape index (κ1) is 20.5. The standard InChI is InChI=1S/C19H33ClO/c1-2-3-4-5-6-7-8-9-12-15-18-21-19-16-13-10-11-14-17-20/h11-13,15H,2-9,14,16-19H2,1H3. The van der Waals surface area contributed by atoms with Gasteiger partial charge < -0.3 is 4.74 Å². The summed E-state index contributed by atoms with van der Waals surface area (Å²) in [5, 5.41) is 0. The van der Waals surface area contributed by atoms with Crippen molar-refractivity contribution in [1.82, 2.24) is 0 Å². The zero-order chi connectivity index (χ0) is 15.4. The van der Waals surface area contributed by atoms with E-state index < -0.39 is 0 Å². The molecule has 1 nitrogen and oxygen atoms in total. The van der Waals surface area contributed by atoms with Crippen LogP contribution in [0.1, 0.15) is 71.1 Å². The van der Waals surface area contributed by atoms with Crippen molar-refractivity contribution in [3.63, 3.8) is 0 Å². The van der Waals surface area contributed by atoms with Crippen molar-refractivity contribution >= 4 is 11.6 Å². The number of halogens is 1. The van der Waals surface area contributed by atoms with Crippen LogP contribution in [0.2, 0.25) is 0 Å². The van der Waals surface area contributed by atoms with Crippen molar-refractivity contribution < 1.29 is 4.74 Å². The molecule has 0 N–H and O–H groups in total. The molecule has 0 rings (SSSR count). The van der Waals surface area contributed by atoms with Crippen LogP contribution in [0.15, 0.2) is 30.0 Å². The first-order valence-electron chi connectivity index (χ1n) is 8.60. The van der Waals surface area contributed by atoms with Crippen LogP contribution < -0.4 is 0 Å². The quantitative estimate of drug-likeness (QED) is 0.146. The average molecular weight is 313 g/mol. The lowest BCUT2D eigenvalue weighted by atomic mass is 10.1. The fourth-order valence-electron chi connectivity index (χ4n) is 2.00. The Morgan fingerprint density at radius 3 is 2.33 bits per heavy atom. The highest BCUT2D eigenvalue weighted by Crippen LogP contribution is 2.08. The molecule has 0 aromatic rings. The van der Waals surface area contributed by atoms with E-state index in [0.717, 1.165) is 26.1 Å². The third-order valence-electron chi connectivity index (χ3n) is 3.25. The molecular weight excluding hydrogens is 280 g/mol. The second-order valence-electron chi connectivity index (χ2n) is 5.30. The smallest absolute Gasteiger partial charge is 0.0647 e. The summed E-state index contributed by atoms with van der Waals surface area (Å²) < 4.78 is 5.51. The van der Waals surface area contributed by atoms with Crippen LogP contribution in [0.25, 0.3) is 0 Å². The largest absolute Gasteiger partial charge is 0.377 e. The molecule has 0 aliphatic carbocycles. The van der Waals surface area contributed by atoms with Crippen LogP contribution in [0.4, 0.5) is 0 Å². The molecule has 0 unspecified atom stereocenters. The molecule has 0 atom stereocenters. The minimum Gasteiger partial charge on any atom is -0.377 e. The van der Waals surface area contributed by atoms with E-state index in [0.29, 0.717) is 5.88 Å². The Morgan fingerprint density at radius 2 is 1.57 bits per heavy atom. The van der Waals surface area contributed by atoms with Gasteiger partial charge in [-0.25, -0.2) is 0 Å². The zero-order valence-corrected chi connectivity index (χ0v) is 14.5. The summed E-state index contributed by atoms with van der Waals surface area (Å²) in [5.41, 5.74) is 3.10. The summed E-state index contributed by atoms with van der Waals surface area (Å²) in [6.07, 6.45) is 21.0. The summed E-state index contributed by atoms with van der Waals surface area (Å²) in [7, 11) is 0. The molecule has 0 fully saturated rings. The molecule has 21 heavy (non-hydrogen) atoms. The average Bonchev–Trinajstić information content (AvgIpc) is 2.50. The van der Waals surface area contributed by atoms with Gasteiger partial charge in [0.1, 0.15) is 0 Å². The molecule has 0 aromatic carbocycles. The van der Waals surface area contributed by atoms with Crippen molar-refractivity contribution in [2.45, 2.75) is 71.1 Å². The van der Waals surface area contributed by atoms with Crippen molar-refractivity contribution in [2.24, 2.45) is 0 Å². The van der Waals surface area contributed by atoms with E-state index in [4.69, 9.17) is 16.3 Å². The molecule has 0 saturated heterocycles.